The molecule has 8 nitrogen and oxygen atoms in total. The SMILES string of the molecule is ClC(Cl)Cl.O=C(O)c1cccc([N+](=O)[O-])c1[N+](=O)[O-]. The highest BCUT2D eigenvalue weighted by Crippen LogP contribution is 2.30. The molecule has 0 aliphatic carbocycles. The number of halogens is 3. The third-order valence-corrected chi connectivity index (χ3v) is 1.62. The number of nitro groups is 2. The molecule has 0 aliphatic rings. The minimum absolute atomic E-state index is 0.700. The fourth-order valence-corrected chi connectivity index (χ4v) is 1.04. The van der Waals surface area contributed by atoms with Gasteiger partial charge in [-0.15, -0.1) is 0 Å². The van der Waals surface area contributed by atoms with Crippen molar-refractivity contribution < 1.29 is 19.7 Å². The molecular formula is C8H5Cl3N2O6. The molecule has 1 aromatic carbocycles. The summed E-state index contributed by atoms with van der Waals surface area (Å²) in [6.45, 7) is 0. The van der Waals surface area contributed by atoms with E-state index in [0.29, 0.717) is 0 Å². The summed E-state index contributed by atoms with van der Waals surface area (Å²) < 4.78 is -0.750. The fraction of sp³-hybridized carbons (Fsp3) is 0.125. The summed E-state index contributed by atoms with van der Waals surface area (Å²) in [5.74, 6) is -1.58. The van der Waals surface area contributed by atoms with Gasteiger partial charge in [0.05, 0.1) is 9.85 Å². The molecule has 0 fully saturated rings. The van der Waals surface area contributed by atoms with Crippen LogP contribution in [0.5, 0.6) is 0 Å². The Bertz CT molecular complexity index is 472. The topological polar surface area (TPSA) is 124 Å². The number of carboxylic acids is 1. The van der Waals surface area contributed by atoms with Crippen LogP contribution in [0.3, 0.4) is 0 Å². The second-order valence-electron chi connectivity index (χ2n) is 2.74. The molecule has 1 N–H and O–H groups in total. The third-order valence-electron chi connectivity index (χ3n) is 1.62. The maximum atomic E-state index is 10.6. The predicted octanol–water partition coefficient (Wildman–Crippen LogP) is 3.19. The third kappa shape index (κ3) is 5.69. The number of nitro benzene ring substituents is 2. The molecule has 0 bridgehead atoms. The van der Waals surface area contributed by atoms with Gasteiger partial charge in [-0.1, -0.05) is 40.9 Å². The predicted molar refractivity (Wildman–Crippen MR) is 68.1 cm³/mol. The Labute approximate surface area is 120 Å². The molecule has 0 atom stereocenters. The van der Waals surface area contributed by atoms with Crippen molar-refractivity contribution in [1.29, 1.82) is 0 Å². The molecule has 0 aliphatic heterocycles. The van der Waals surface area contributed by atoms with Gasteiger partial charge < -0.3 is 5.11 Å². The molecule has 19 heavy (non-hydrogen) atoms. The maximum Gasteiger partial charge on any atom is 0.360 e. The largest absolute Gasteiger partial charge is 0.477 e. The molecule has 104 valence electrons. The number of benzene rings is 1. The average Bonchev–Trinajstić information content (AvgIpc) is 2.26. The van der Waals surface area contributed by atoms with Gasteiger partial charge in [0.1, 0.15) is 5.56 Å². The van der Waals surface area contributed by atoms with E-state index in [0.717, 1.165) is 18.2 Å². The fourth-order valence-electron chi connectivity index (χ4n) is 1.04. The van der Waals surface area contributed by atoms with Crippen LogP contribution < -0.4 is 0 Å². The number of alkyl halides is 3. The van der Waals surface area contributed by atoms with E-state index in [4.69, 9.17) is 39.9 Å². The summed E-state index contributed by atoms with van der Waals surface area (Å²) in [5, 5.41) is 29.5. The van der Waals surface area contributed by atoms with Gasteiger partial charge in [0.25, 0.3) is 0 Å². The van der Waals surface area contributed by atoms with Crippen LogP contribution in [0.1, 0.15) is 10.4 Å². The van der Waals surface area contributed by atoms with Crippen LogP contribution in [0.25, 0.3) is 0 Å². The molecule has 11 heteroatoms. The number of para-hydroxylation sites is 1. The number of aromatic carboxylic acids is 1. The van der Waals surface area contributed by atoms with Crippen molar-refractivity contribution in [3.8, 4) is 0 Å². The Balaban J connectivity index is 0.000000711. The molecule has 1 aromatic rings. The lowest BCUT2D eigenvalue weighted by molar-refractivity contribution is -0.422. The van der Waals surface area contributed by atoms with Crippen LogP contribution in [0.15, 0.2) is 18.2 Å². The Hall–Kier alpha value is -1.64. The zero-order valence-corrected chi connectivity index (χ0v) is 11.1. The summed E-state index contributed by atoms with van der Waals surface area (Å²) in [7, 11) is 0. The van der Waals surface area contributed by atoms with Gasteiger partial charge in [-0.05, 0) is 6.07 Å². The van der Waals surface area contributed by atoms with E-state index in [2.05, 4.69) is 0 Å². The van der Waals surface area contributed by atoms with Gasteiger partial charge in [0, 0.05) is 6.07 Å². The number of carbonyl (C=O) groups is 1. The van der Waals surface area contributed by atoms with Crippen molar-refractivity contribution in [2.45, 2.75) is 4.30 Å². The monoisotopic (exact) mass is 330 g/mol. The van der Waals surface area contributed by atoms with Gasteiger partial charge in [-0.25, -0.2) is 4.79 Å². The van der Waals surface area contributed by atoms with Crippen molar-refractivity contribution in [2.75, 3.05) is 0 Å². The van der Waals surface area contributed by atoms with Crippen molar-refractivity contribution in [2.24, 2.45) is 0 Å². The lowest BCUT2D eigenvalue weighted by Gasteiger charge is -1.97. The van der Waals surface area contributed by atoms with Crippen molar-refractivity contribution in [3.63, 3.8) is 0 Å². The summed E-state index contributed by atoms with van der Waals surface area (Å²) in [5.41, 5.74) is -2.54. The van der Waals surface area contributed by atoms with Crippen molar-refractivity contribution >= 4 is 52.1 Å². The number of carboxylic acid groups (broad SMARTS) is 1. The first-order valence-electron chi connectivity index (χ1n) is 4.25. The molecule has 0 heterocycles. The molecule has 0 saturated heterocycles. The quantitative estimate of drug-likeness (QED) is 0.515. The first-order valence-corrected chi connectivity index (χ1v) is 5.56. The molecule has 1 rings (SSSR count). The second-order valence-corrected chi connectivity index (χ2v) is 4.72. The smallest absolute Gasteiger partial charge is 0.360 e. The molecule has 0 saturated carbocycles. The van der Waals surface area contributed by atoms with Crippen LogP contribution in [-0.4, -0.2) is 25.2 Å². The van der Waals surface area contributed by atoms with Gasteiger partial charge in [-0.3, -0.25) is 20.2 Å². The minimum atomic E-state index is -1.58. The maximum absolute atomic E-state index is 10.6. The molecule has 0 aromatic heterocycles. The van der Waals surface area contributed by atoms with Crippen LogP contribution in [0, 0.1) is 20.2 Å². The molecule has 0 radical (unpaired) electrons. The second kappa shape index (κ2) is 7.72. The van der Waals surface area contributed by atoms with Gasteiger partial charge >= 0.3 is 17.3 Å². The highest BCUT2D eigenvalue weighted by atomic mass is 35.6. The van der Waals surface area contributed by atoms with Crippen LogP contribution in [-0.2, 0) is 0 Å². The average molecular weight is 331 g/mol. The summed E-state index contributed by atoms with van der Waals surface area (Å²) in [6.07, 6.45) is 0. The van der Waals surface area contributed by atoms with E-state index in [1.54, 1.807) is 0 Å². The summed E-state index contributed by atoms with van der Waals surface area (Å²) >= 11 is 14.4. The van der Waals surface area contributed by atoms with E-state index in [1.807, 2.05) is 0 Å². The highest BCUT2D eigenvalue weighted by molar-refractivity contribution is 6.63. The Kier molecular flexibility index (Phi) is 7.05. The molecule has 0 spiro atoms. The highest BCUT2D eigenvalue weighted by Gasteiger charge is 2.31. The first-order chi connectivity index (χ1) is 8.68. The number of hydrogen-bond donors (Lipinski definition) is 1. The normalized spacial score (nSPS) is 9.47. The van der Waals surface area contributed by atoms with Crippen LogP contribution in [0.4, 0.5) is 11.4 Å². The zero-order valence-electron chi connectivity index (χ0n) is 8.83. The number of hydrogen-bond acceptors (Lipinski definition) is 5. The lowest BCUT2D eigenvalue weighted by atomic mass is 10.1. The zero-order chi connectivity index (χ0) is 15.2. The van der Waals surface area contributed by atoms with E-state index in [1.165, 1.54) is 0 Å². The van der Waals surface area contributed by atoms with Gasteiger partial charge in [0.15, 0.2) is 4.30 Å². The Morgan fingerprint density at radius 1 is 1.16 bits per heavy atom. The van der Waals surface area contributed by atoms with Crippen molar-refractivity contribution in [1.82, 2.24) is 0 Å². The van der Waals surface area contributed by atoms with E-state index in [-0.39, 0.29) is 0 Å². The van der Waals surface area contributed by atoms with Crippen molar-refractivity contribution in [3.05, 3.63) is 44.0 Å². The van der Waals surface area contributed by atoms with Gasteiger partial charge in [-0.2, -0.15) is 0 Å². The van der Waals surface area contributed by atoms with E-state index >= 15 is 0 Å². The molecule has 0 amide bonds. The Morgan fingerprint density at radius 3 is 1.95 bits per heavy atom. The summed E-state index contributed by atoms with van der Waals surface area (Å²) in [6, 6.07) is 2.90. The Morgan fingerprint density at radius 2 is 1.63 bits per heavy atom. The minimum Gasteiger partial charge on any atom is -0.477 e. The van der Waals surface area contributed by atoms with Gasteiger partial charge in [0.2, 0.25) is 0 Å². The number of nitrogens with zero attached hydrogens (tertiary/aromatic N) is 2. The van der Waals surface area contributed by atoms with Crippen LogP contribution >= 0.6 is 34.8 Å². The molecule has 0 unspecified atom stereocenters. The van der Waals surface area contributed by atoms with E-state index < -0.39 is 37.0 Å². The molecular weight excluding hydrogens is 326 g/mol. The first kappa shape index (κ1) is 17.4. The van der Waals surface area contributed by atoms with E-state index in [9.17, 15) is 25.0 Å². The standard InChI is InChI=1S/C7H4N2O6.CHCl3/c10-7(11)4-2-1-3-5(8(12)13)6(4)9(14)15;2-1(3)4/h1-3H,(H,10,11);1H. The number of rotatable bonds is 3. The summed E-state index contributed by atoms with van der Waals surface area (Å²) in [4.78, 5) is 29.4. The van der Waals surface area contributed by atoms with Crippen LogP contribution in [0.2, 0.25) is 0 Å². The lowest BCUT2D eigenvalue weighted by Crippen LogP contribution is -2.05.